The molecule has 0 aliphatic rings. The number of thiazole rings is 1. The number of ether oxygens (including phenoxy) is 1. The second-order valence-corrected chi connectivity index (χ2v) is 5.83. The zero-order valence-corrected chi connectivity index (χ0v) is 13.0. The molecule has 3 aromatic rings. The Morgan fingerprint density at radius 3 is 3.10 bits per heavy atom. The van der Waals surface area contributed by atoms with Crippen LogP contribution in [0.2, 0.25) is 0 Å². The molecule has 0 saturated heterocycles. The first-order valence-electron chi connectivity index (χ1n) is 5.86. The third kappa shape index (κ3) is 2.38. The summed E-state index contributed by atoms with van der Waals surface area (Å²) in [6, 6.07) is 4.81. The van der Waals surface area contributed by atoms with Crippen molar-refractivity contribution in [1.82, 2.24) is 9.38 Å². The Bertz CT molecular complexity index is 755. The SMILES string of the molecule is COc1nc2sccn2c1CNc1ccc(F)c(Br)c1. The van der Waals surface area contributed by atoms with E-state index >= 15 is 0 Å². The van der Waals surface area contributed by atoms with E-state index in [9.17, 15) is 4.39 Å². The Hall–Kier alpha value is -1.60. The van der Waals surface area contributed by atoms with Crippen LogP contribution in [0, 0.1) is 5.82 Å². The number of hydrogen-bond acceptors (Lipinski definition) is 4. The molecule has 20 heavy (non-hydrogen) atoms. The third-order valence-corrected chi connectivity index (χ3v) is 4.26. The molecule has 2 aromatic heterocycles. The van der Waals surface area contributed by atoms with Crippen molar-refractivity contribution in [2.75, 3.05) is 12.4 Å². The highest BCUT2D eigenvalue weighted by Crippen LogP contribution is 2.25. The highest BCUT2D eigenvalue weighted by Gasteiger charge is 2.13. The van der Waals surface area contributed by atoms with E-state index in [1.807, 2.05) is 16.0 Å². The van der Waals surface area contributed by atoms with Crippen LogP contribution in [0.3, 0.4) is 0 Å². The second kappa shape index (κ2) is 5.41. The minimum absolute atomic E-state index is 0.280. The number of rotatable bonds is 4. The number of anilines is 1. The molecular formula is C13H11BrFN3OS. The highest BCUT2D eigenvalue weighted by molar-refractivity contribution is 9.10. The molecule has 0 atom stereocenters. The highest BCUT2D eigenvalue weighted by atomic mass is 79.9. The third-order valence-electron chi connectivity index (χ3n) is 2.90. The predicted molar refractivity (Wildman–Crippen MR) is 81.0 cm³/mol. The molecule has 0 aliphatic heterocycles. The van der Waals surface area contributed by atoms with E-state index in [-0.39, 0.29) is 5.82 Å². The van der Waals surface area contributed by atoms with Gasteiger partial charge in [-0.1, -0.05) is 0 Å². The van der Waals surface area contributed by atoms with Crippen molar-refractivity contribution in [3.63, 3.8) is 0 Å². The van der Waals surface area contributed by atoms with Gasteiger partial charge in [0, 0.05) is 17.3 Å². The molecule has 0 radical (unpaired) electrons. The number of nitrogens with zero attached hydrogens (tertiary/aromatic N) is 2. The Morgan fingerprint density at radius 2 is 2.35 bits per heavy atom. The fourth-order valence-corrected chi connectivity index (χ4v) is 3.03. The standard InChI is InChI=1S/C13H11BrFN3OS/c1-19-12-11(18-4-5-20-13(18)17-12)7-16-8-2-3-10(15)9(14)6-8/h2-6,16H,7H2,1H3. The average Bonchev–Trinajstić information content (AvgIpc) is 3.00. The largest absolute Gasteiger partial charge is 0.480 e. The summed E-state index contributed by atoms with van der Waals surface area (Å²) in [4.78, 5) is 5.27. The number of halogens is 2. The van der Waals surface area contributed by atoms with Crippen LogP contribution in [-0.2, 0) is 6.54 Å². The lowest BCUT2D eigenvalue weighted by atomic mass is 10.3. The monoisotopic (exact) mass is 355 g/mol. The van der Waals surface area contributed by atoms with Gasteiger partial charge in [0.2, 0.25) is 5.88 Å². The summed E-state index contributed by atoms with van der Waals surface area (Å²) >= 11 is 4.72. The molecule has 1 N–H and O–H groups in total. The molecule has 0 spiro atoms. The first kappa shape index (κ1) is 13.4. The summed E-state index contributed by atoms with van der Waals surface area (Å²) in [5.41, 5.74) is 1.76. The molecule has 104 valence electrons. The lowest BCUT2D eigenvalue weighted by molar-refractivity contribution is 0.395. The zero-order valence-electron chi connectivity index (χ0n) is 10.6. The maximum atomic E-state index is 13.2. The van der Waals surface area contributed by atoms with E-state index in [0.717, 1.165) is 16.3 Å². The molecule has 1 aromatic carbocycles. The van der Waals surface area contributed by atoms with Crippen LogP contribution >= 0.6 is 27.3 Å². The molecule has 0 bridgehead atoms. The Balaban J connectivity index is 1.85. The summed E-state index contributed by atoms with van der Waals surface area (Å²) in [5.74, 6) is 0.322. The minimum Gasteiger partial charge on any atom is -0.480 e. The normalized spacial score (nSPS) is 10.9. The van der Waals surface area contributed by atoms with Crippen LogP contribution in [0.15, 0.2) is 34.2 Å². The number of fused-ring (bicyclic) bond motifs is 1. The van der Waals surface area contributed by atoms with Gasteiger partial charge in [0.15, 0.2) is 4.96 Å². The van der Waals surface area contributed by atoms with Gasteiger partial charge in [-0.2, -0.15) is 4.98 Å². The number of methoxy groups -OCH3 is 1. The van der Waals surface area contributed by atoms with Crippen LogP contribution in [0.5, 0.6) is 5.88 Å². The van der Waals surface area contributed by atoms with Crippen LogP contribution in [-0.4, -0.2) is 16.5 Å². The van der Waals surface area contributed by atoms with Crippen LogP contribution < -0.4 is 10.1 Å². The number of imidazole rings is 1. The number of aromatic nitrogens is 2. The lowest BCUT2D eigenvalue weighted by Gasteiger charge is -2.08. The molecule has 3 rings (SSSR count). The second-order valence-electron chi connectivity index (χ2n) is 4.11. The van der Waals surface area contributed by atoms with E-state index in [4.69, 9.17) is 4.74 Å². The van der Waals surface area contributed by atoms with Gasteiger partial charge in [-0.3, -0.25) is 4.40 Å². The quantitative estimate of drug-likeness (QED) is 0.770. The van der Waals surface area contributed by atoms with Crippen molar-refractivity contribution >= 4 is 37.9 Å². The van der Waals surface area contributed by atoms with Crippen molar-refractivity contribution in [3.05, 3.63) is 45.8 Å². The van der Waals surface area contributed by atoms with E-state index in [1.54, 1.807) is 30.6 Å². The summed E-state index contributed by atoms with van der Waals surface area (Å²) in [7, 11) is 1.60. The van der Waals surface area contributed by atoms with E-state index in [2.05, 4.69) is 26.2 Å². The van der Waals surface area contributed by atoms with Crippen molar-refractivity contribution in [3.8, 4) is 5.88 Å². The van der Waals surface area contributed by atoms with Gasteiger partial charge in [-0.25, -0.2) is 4.39 Å². The first-order valence-corrected chi connectivity index (χ1v) is 7.53. The first-order chi connectivity index (χ1) is 9.69. The summed E-state index contributed by atoms with van der Waals surface area (Å²) < 4.78 is 20.9. The molecular weight excluding hydrogens is 345 g/mol. The molecule has 2 heterocycles. The molecule has 0 unspecified atom stereocenters. The molecule has 4 nitrogen and oxygen atoms in total. The molecule has 7 heteroatoms. The summed E-state index contributed by atoms with van der Waals surface area (Å²) in [6.45, 7) is 0.541. The van der Waals surface area contributed by atoms with Gasteiger partial charge < -0.3 is 10.1 Å². The van der Waals surface area contributed by atoms with Crippen LogP contribution in [0.25, 0.3) is 4.96 Å². The number of hydrogen-bond donors (Lipinski definition) is 1. The van der Waals surface area contributed by atoms with Crippen molar-refractivity contribution < 1.29 is 9.13 Å². The van der Waals surface area contributed by atoms with Crippen molar-refractivity contribution in [2.45, 2.75) is 6.54 Å². The summed E-state index contributed by atoms with van der Waals surface area (Å²) in [5, 5.41) is 5.21. The Morgan fingerprint density at radius 1 is 1.50 bits per heavy atom. The van der Waals surface area contributed by atoms with Gasteiger partial charge in [-0.05, 0) is 34.1 Å². The number of benzene rings is 1. The molecule has 0 saturated carbocycles. The number of nitrogens with one attached hydrogen (secondary N) is 1. The van der Waals surface area contributed by atoms with Crippen molar-refractivity contribution in [1.29, 1.82) is 0 Å². The summed E-state index contributed by atoms with van der Waals surface area (Å²) in [6.07, 6.45) is 1.95. The van der Waals surface area contributed by atoms with E-state index < -0.39 is 0 Å². The smallest absolute Gasteiger partial charge is 0.238 e. The van der Waals surface area contributed by atoms with Gasteiger partial charge in [-0.15, -0.1) is 11.3 Å². The fraction of sp³-hybridized carbons (Fsp3) is 0.154. The van der Waals surface area contributed by atoms with Crippen LogP contribution in [0.4, 0.5) is 10.1 Å². The van der Waals surface area contributed by atoms with Gasteiger partial charge in [0.1, 0.15) is 11.5 Å². The predicted octanol–water partition coefficient (Wildman–Crippen LogP) is 3.92. The maximum Gasteiger partial charge on any atom is 0.238 e. The van der Waals surface area contributed by atoms with Gasteiger partial charge in [0.05, 0.1) is 18.1 Å². The maximum absolute atomic E-state index is 13.2. The lowest BCUT2D eigenvalue weighted by Crippen LogP contribution is -2.04. The zero-order chi connectivity index (χ0) is 14.1. The Labute approximate surface area is 127 Å². The van der Waals surface area contributed by atoms with E-state index in [0.29, 0.717) is 16.9 Å². The van der Waals surface area contributed by atoms with E-state index in [1.165, 1.54) is 6.07 Å². The molecule has 0 fully saturated rings. The Kier molecular flexibility index (Phi) is 3.62. The van der Waals surface area contributed by atoms with Crippen molar-refractivity contribution in [2.24, 2.45) is 0 Å². The molecule has 0 aliphatic carbocycles. The molecule has 0 amide bonds. The van der Waals surface area contributed by atoms with Gasteiger partial charge >= 0.3 is 0 Å². The topological polar surface area (TPSA) is 38.6 Å². The van der Waals surface area contributed by atoms with Crippen LogP contribution in [0.1, 0.15) is 5.69 Å². The van der Waals surface area contributed by atoms with Gasteiger partial charge in [0.25, 0.3) is 0 Å². The average molecular weight is 356 g/mol. The fourth-order valence-electron chi connectivity index (χ4n) is 1.93. The minimum atomic E-state index is -0.280.